The van der Waals surface area contributed by atoms with Gasteiger partial charge in [0.05, 0.1) is 6.54 Å². The minimum Gasteiger partial charge on any atom is -0.336 e. The van der Waals surface area contributed by atoms with Crippen LogP contribution in [-0.4, -0.2) is 41.2 Å². The van der Waals surface area contributed by atoms with Crippen molar-refractivity contribution in [1.82, 2.24) is 9.80 Å². The van der Waals surface area contributed by atoms with Gasteiger partial charge in [0.15, 0.2) is 0 Å². The Morgan fingerprint density at radius 1 is 1.12 bits per heavy atom. The third-order valence-electron chi connectivity index (χ3n) is 4.90. The SMILES string of the molecule is CCCCCCN(CC(=O)N1CCc2ccccc2C1)C(=O)C(C)C. The Labute approximate surface area is 152 Å². The minimum absolute atomic E-state index is 0.0685. The van der Waals surface area contributed by atoms with Crippen LogP contribution >= 0.6 is 0 Å². The van der Waals surface area contributed by atoms with Gasteiger partial charge in [0.2, 0.25) is 11.8 Å². The van der Waals surface area contributed by atoms with E-state index < -0.39 is 0 Å². The van der Waals surface area contributed by atoms with E-state index in [-0.39, 0.29) is 24.3 Å². The summed E-state index contributed by atoms with van der Waals surface area (Å²) in [6.07, 6.45) is 5.34. The first-order valence-corrected chi connectivity index (χ1v) is 9.66. The maximum atomic E-state index is 12.8. The van der Waals surface area contributed by atoms with E-state index in [4.69, 9.17) is 0 Å². The number of hydrogen-bond donors (Lipinski definition) is 0. The van der Waals surface area contributed by atoms with Crippen LogP contribution in [-0.2, 0) is 22.6 Å². The zero-order valence-corrected chi connectivity index (χ0v) is 16.0. The summed E-state index contributed by atoms with van der Waals surface area (Å²) < 4.78 is 0. The number of rotatable bonds is 8. The molecule has 2 rings (SSSR count). The van der Waals surface area contributed by atoms with Gasteiger partial charge in [-0.25, -0.2) is 0 Å². The molecule has 0 aliphatic carbocycles. The fraction of sp³-hybridized carbons (Fsp3) is 0.619. The smallest absolute Gasteiger partial charge is 0.242 e. The molecule has 0 unspecified atom stereocenters. The van der Waals surface area contributed by atoms with Crippen molar-refractivity contribution >= 4 is 11.8 Å². The van der Waals surface area contributed by atoms with Crippen LogP contribution in [0, 0.1) is 5.92 Å². The largest absolute Gasteiger partial charge is 0.336 e. The molecule has 0 fully saturated rings. The van der Waals surface area contributed by atoms with Gasteiger partial charge < -0.3 is 9.80 Å². The standard InChI is InChI=1S/C21H32N2O2/c1-4-5-6-9-13-23(21(25)17(2)3)16-20(24)22-14-12-18-10-7-8-11-19(18)15-22/h7-8,10-11,17H,4-6,9,12-16H2,1-3H3. The van der Waals surface area contributed by atoms with E-state index in [9.17, 15) is 9.59 Å². The van der Waals surface area contributed by atoms with Gasteiger partial charge in [-0.05, 0) is 24.0 Å². The van der Waals surface area contributed by atoms with Crippen LogP contribution in [0.15, 0.2) is 24.3 Å². The summed E-state index contributed by atoms with van der Waals surface area (Å²) in [5, 5.41) is 0. The van der Waals surface area contributed by atoms with Crippen LogP contribution in [0.1, 0.15) is 57.6 Å². The number of benzene rings is 1. The zero-order chi connectivity index (χ0) is 18.2. The number of hydrogen-bond acceptors (Lipinski definition) is 2. The molecule has 4 heteroatoms. The lowest BCUT2D eigenvalue weighted by Crippen LogP contribution is -2.46. The summed E-state index contributed by atoms with van der Waals surface area (Å²) in [5.41, 5.74) is 2.56. The third kappa shape index (κ3) is 5.58. The summed E-state index contributed by atoms with van der Waals surface area (Å²) in [6.45, 7) is 8.29. The average molecular weight is 344 g/mol. The molecule has 4 nitrogen and oxygen atoms in total. The van der Waals surface area contributed by atoms with Crippen molar-refractivity contribution in [2.75, 3.05) is 19.6 Å². The van der Waals surface area contributed by atoms with Crippen molar-refractivity contribution in [3.8, 4) is 0 Å². The molecule has 0 aromatic heterocycles. The van der Waals surface area contributed by atoms with E-state index in [1.165, 1.54) is 24.0 Å². The number of unbranched alkanes of at least 4 members (excludes halogenated alkanes) is 3. The van der Waals surface area contributed by atoms with Crippen molar-refractivity contribution in [2.45, 2.75) is 59.4 Å². The lowest BCUT2D eigenvalue weighted by atomic mass is 10.00. The Bertz CT molecular complexity index is 583. The lowest BCUT2D eigenvalue weighted by molar-refractivity contribution is -0.142. The highest BCUT2D eigenvalue weighted by Crippen LogP contribution is 2.19. The van der Waals surface area contributed by atoms with Crippen molar-refractivity contribution < 1.29 is 9.59 Å². The summed E-state index contributed by atoms with van der Waals surface area (Å²) in [4.78, 5) is 28.9. The summed E-state index contributed by atoms with van der Waals surface area (Å²) >= 11 is 0. The van der Waals surface area contributed by atoms with E-state index in [0.717, 1.165) is 25.8 Å². The first kappa shape index (κ1) is 19.5. The minimum atomic E-state index is -0.0685. The van der Waals surface area contributed by atoms with Crippen LogP contribution in [0.5, 0.6) is 0 Å². The predicted octanol–water partition coefficient (Wildman–Crippen LogP) is 3.64. The molecule has 1 aliphatic rings. The summed E-state index contributed by atoms with van der Waals surface area (Å²) in [5.74, 6) is 0.0855. The van der Waals surface area contributed by atoms with Crippen molar-refractivity contribution in [2.24, 2.45) is 5.92 Å². The van der Waals surface area contributed by atoms with Gasteiger partial charge in [-0.15, -0.1) is 0 Å². The number of carbonyl (C=O) groups is 2. The third-order valence-corrected chi connectivity index (χ3v) is 4.90. The van der Waals surface area contributed by atoms with Gasteiger partial charge in [0, 0.05) is 25.6 Å². The van der Waals surface area contributed by atoms with Crippen molar-refractivity contribution in [3.63, 3.8) is 0 Å². The molecule has 138 valence electrons. The van der Waals surface area contributed by atoms with Gasteiger partial charge in [-0.3, -0.25) is 9.59 Å². The Balaban J connectivity index is 1.95. The molecule has 0 saturated heterocycles. The molecule has 1 heterocycles. The number of nitrogens with zero attached hydrogens (tertiary/aromatic N) is 2. The average Bonchev–Trinajstić information content (AvgIpc) is 2.63. The van der Waals surface area contributed by atoms with Crippen LogP contribution in [0.3, 0.4) is 0 Å². The normalized spacial score (nSPS) is 13.7. The van der Waals surface area contributed by atoms with Crippen LogP contribution < -0.4 is 0 Å². The molecule has 1 aromatic carbocycles. The fourth-order valence-corrected chi connectivity index (χ4v) is 3.33. The highest BCUT2D eigenvalue weighted by atomic mass is 16.2. The van der Waals surface area contributed by atoms with Gasteiger partial charge in [-0.1, -0.05) is 64.3 Å². The second-order valence-corrected chi connectivity index (χ2v) is 7.31. The Kier molecular flexibility index (Phi) is 7.48. The van der Waals surface area contributed by atoms with Crippen LogP contribution in [0.4, 0.5) is 0 Å². The highest BCUT2D eigenvalue weighted by molar-refractivity contribution is 5.85. The molecular formula is C21H32N2O2. The molecule has 1 aromatic rings. The molecule has 0 bridgehead atoms. The number of carbonyl (C=O) groups excluding carboxylic acids is 2. The van der Waals surface area contributed by atoms with E-state index in [2.05, 4.69) is 25.1 Å². The Hall–Kier alpha value is -1.84. The Morgan fingerprint density at radius 2 is 1.84 bits per heavy atom. The van der Waals surface area contributed by atoms with E-state index in [0.29, 0.717) is 13.1 Å². The maximum absolute atomic E-state index is 12.8. The quantitative estimate of drug-likeness (QED) is 0.676. The highest BCUT2D eigenvalue weighted by Gasteiger charge is 2.25. The van der Waals surface area contributed by atoms with Gasteiger partial charge in [0.25, 0.3) is 0 Å². The van der Waals surface area contributed by atoms with E-state index in [1.807, 2.05) is 24.8 Å². The maximum Gasteiger partial charge on any atom is 0.242 e. The molecule has 25 heavy (non-hydrogen) atoms. The molecular weight excluding hydrogens is 312 g/mol. The summed E-state index contributed by atoms with van der Waals surface area (Å²) in [6, 6.07) is 8.31. The molecule has 0 N–H and O–H groups in total. The molecule has 0 atom stereocenters. The second-order valence-electron chi connectivity index (χ2n) is 7.31. The van der Waals surface area contributed by atoms with Crippen molar-refractivity contribution in [3.05, 3.63) is 35.4 Å². The number of fused-ring (bicyclic) bond motifs is 1. The van der Waals surface area contributed by atoms with Gasteiger partial charge >= 0.3 is 0 Å². The predicted molar refractivity (Wildman–Crippen MR) is 101 cm³/mol. The first-order chi connectivity index (χ1) is 12.0. The van der Waals surface area contributed by atoms with Crippen molar-refractivity contribution in [1.29, 1.82) is 0 Å². The molecule has 0 radical (unpaired) electrons. The van der Waals surface area contributed by atoms with Crippen LogP contribution in [0.2, 0.25) is 0 Å². The van der Waals surface area contributed by atoms with E-state index in [1.54, 1.807) is 4.90 Å². The summed E-state index contributed by atoms with van der Waals surface area (Å²) in [7, 11) is 0. The van der Waals surface area contributed by atoms with Gasteiger partial charge in [0.1, 0.15) is 0 Å². The number of amides is 2. The second kappa shape index (κ2) is 9.59. The molecule has 0 spiro atoms. The Morgan fingerprint density at radius 3 is 2.52 bits per heavy atom. The fourth-order valence-electron chi connectivity index (χ4n) is 3.33. The first-order valence-electron chi connectivity index (χ1n) is 9.66. The molecule has 2 amide bonds. The van der Waals surface area contributed by atoms with Crippen LogP contribution in [0.25, 0.3) is 0 Å². The molecule has 0 saturated carbocycles. The topological polar surface area (TPSA) is 40.6 Å². The zero-order valence-electron chi connectivity index (χ0n) is 16.0. The molecule has 1 aliphatic heterocycles. The lowest BCUT2D eigenvalue weighted by Gasteiger charge is -2.32. The van der Waals surface area contributed by atoms with E-state index >= 15 is 0 Å². The van der Waals surface area contributed by atoms with Gasteiger partial charge in [-0.2, -0.15) is 0 Å². The monoisotopic (exact) mass is 344 g/mol.